The van der Waals surface area contributed by atoms with Crippen molar-refractivity contribution >= 4 is 23.4 Å². The van der Waals surface area contributed by atoms with Crippen molar-refractivity contribution in [2.45, 2.75) is 32.4 Å². The Bertz CT molecular complexity index is 1080. The van der Waals surface area contributed by atoms with Crippen molar-refractivity contribution in [1.29, 1.82) is 0 Å². The van der Waals surface area contributed by atoms with Crippen molar-refractivity contribution in [1.82, 2.24) is 15.1 Å². The molecule has 3 aromatic rings. The summed E-state index contributed by atoms with van der Waals surface area (Å²) in [4.78, 5) is 24.7. The molecule has 0 spiro atoms. The summed E-state index contributed by atoms with van der Waals surface area (Å²) in [6, 6.07) is 12.2. The Labute approximate surface area is 178 Å². The van der Waals surface area contributed by atoms with Gasteiger partial charge in [0.25, 0.3) is 5.91 Å². The second-order valence-corrected chi connectivity index (χ2v) is 7.61. The van der Waals surface area contributed by atoms with E-state index in [2.05, 4.69) is 10.4 Å². The first-order valence-electron chi connectivity index (χ1n) is 9.45. The average Bonchev–Trinajstić information content (AvgIpc) is 3.13. The quantitative estimate of drug-likeness (QED) is 0.588. The fraction of sp³-hybridized carbons (Fsp3) is 0.227. The van der Waals surface area contributed by atoms with Crippen molar-refractivity contribution in [3.63, 3.8) is 0 Å². The molecule has 6 nitrogen and oxygen atoms in total. The number of hydrogen-bond donors (Lipinski definition) is 2. The van der Waals surface area contributed by atoms with E-state index in [0.717, 1.165) is 0 Å². The monoisotopic (exact) mass is 428 g/mol. The fourth-order valence-corrected chi connectivity index (χ4v) is 3.45. The van der Waals surface area contributed by atoms with E-state index in [1.807, 2.05) is 13.8 Å². The first-order chi connectivity index (χ1) is 14.3. The zero-order valence-electron chi connectivity index (χ0n) is 16.6. The van der Waals surface area contributed by atoms with Crippen molar-refractivity contribution < 1.29 is 14.0 Å². The molecule has 1 heterocycles. The molecule has 0 radical (unpaired) electrons. The SMILES string of the molecule is CC(C)n1ncc(C(=O)N[C@@H](CC(N)=O)c2cccc(Cl)c2)c1-c1ccccc1F. The van der Waals surface area contributed by atoms with Crippen LogP contribution in [0.1, 0.15) is 48.3 Å². The predicted octanol–water partition coefficient (Wildman–Crippen LogP) is 4.27. The summed E-state index contributed by atoms with van der Waals surface area (Å²) in [5.74, 6) is -1.53. The molecule has 0 aliphatic rings. The number of hydrogen-bond acceptors (Lipinski definition) is 3. The van der Waals surface area contributed by atoms with Crippen LogP contribution < -0.4 is 11.1 Å². The van der Waals surface area contributed by atoms with Gasteiger partial charge in [0.1, 0.15) is 5.82 Å². The van der Waals surface area contributed by atoms with Gasteiger partial charge in [0.05, 0.1) is 29.9 Å². The normalized spacial score (nSPS) is 12.0. The molecule has 156 valence electrons. The number of nitrogens with zero attached hydrogens (tertiary/aromatic N) is 2. The third-order valence-corrected chi connectivity index (χ3v) is 4.85. The standard InChI is InChI=1S/C22H22ClFN4O2/c1-13(2)28-21(16-8-3-4-9-18(16)24)17(12-26-28)22(30)27-19(11-20(25)29)14-6-5-7-15(23)10-14/h3-10,12-13,19H,11H2,1-2H3,(H2,25,29)(H,27,30)/t19-/m0/s1. The van der Waals surface area contributed by atoms with Crippen LogP contribution >= 0.6 is 11.6 Å². The Morgan fingerprint density at radius 2 is 1.93 bits per heavy atom. The van der Waals surface area contributed by atoms with Gasteiger partial charge in [-0.3, -0.25) is 14.3 Å². The molecule has 0 bridgehead atoms. The van der Waals surface area contributed by atoms with E-state index in [1.165, 1.54) is 12.3 Å². The Morgan fingerprint density at radius 1 is 1.20 bits per heavy atom. The smallest absolute Gasteiger partial charge is 0.255 e. The van der Waals surface area contributed by atoms with Gasteiger partial charge in [-0.1, -0.05) is 35.9 Å². The van der Waals surface area contributed by atoms with Gasteiger partial charge in [-0.25, -0.2) is 4.39 Å². The molecule has 0 fully saturated rings. The highest BCUT2D eigenvalue weighted by Crippen LogP contribution is 2.29. The van der Waals surface area contributed by atoms with Crippen LogP contribution in [0.5, 0.6) is 0 Å². The summed E-state index contributed by atoms with van der Waals surface area (Å²) in [6.07, 6.45) is 1.29. The molecule has 2 aromatic carbocycles. The van der Waals surface area contributed by atoms with E-state index in [0.29, 0.717) is 16.3 Å². The van der Waals surface area contributed by atoms with E-state index in [4.69, 9.17) is 17.3 Å². The number of carbonyl (C=O) groups excluding carboxylic acids is 2. The van der Waals surface area contributed by atoms with Crippen LogP contribution in [0.3, 0.4) is 0 Å². The van der Waals surface area contributed by atoms with Gasteiger partial charge in [0, 0.05) is 16.6 Å². The van der Waals surface area contributed by atoms with Crippen molar-refractivity contribution in [2.75, 3.05) is 0 Å². The molecule has 2 amide bonds. The third kappa shape index (κ3) is 4.68. The maximum absolute atomic E-state index is 14.5. The Hall–Kier alpha value is -3.19. The van der Waals surface area contributed by atoms with Gasteiger partial charge < -0.3 is 11.1 Å². The van der Waals surface area contributed by atoms with Crippen LogP contribution in [-0.4, -0.2) is 21.6 Å². The Morgan fingerprint density at radius 3 is 2.57 bits per heavy atom. The summed E-state index contributed by atoms with van der Waals surface area (Å²) < 4.78 is 16.1. The number of amides is 2. The van der Waals surface area contributed by atoms with Crippen molar-refractivity contribution in [3.05, 3.63) is 76.7 Å². The predicted molar refractivity (Wildman–Crippen MR) is 113 cm³/mol. The molecule has 3 rings (SSSR count). The van der Waals surface area contributed by atoms with Gasteiger partial charge in [-0.15, -0.1) is 0 Å². The van der Waals surface area contributed by atoms with E-state index < -0.39 is 23.7 Å². The lowest BCUT2D eigenvalue weighted by molar-refractivity contribution is -0.118. The van der Waals surface area contributed by atoms with Crippen LogP contribution in [0.2, 0.25) is 5.02 Å². The molecular formula is C22H22ClFN4O2. The zero-order valence-corrected chi connectivity index (χ0v) is 17.4. The number of nitrogens with two attached hydrogens (primary N) is 1. The zero-order chi connectivity index (χ0) is 21.8. The highest BCUT2D eigenvalue weighted by atomic mass is 35.5. The second kappa shape index (κ2) is 9.09. The molecule has 0 aliphatic heterocycles. The van der Waals surface area contributed by atoms with E-state index >= 15 is 0 Å². The molecule has 1 atom stereocenters. The van der Waals surface area contributed by atoms with Crippen molar-refractivity contribution in [3.8, 4) is 11.3 Å². The number of halogens is 2. The van der Waals surface area contributed by atoms with Gasteiger partial charge in [-0.2, -0.15) is 5.10 Å². The fourth-order valence-electron chi connectivity index (χ4n) is 3.25. The molecule has 0 unspecified atom stereocenters. The first kappa shape index (κ1) is 21.5. The summed E-state index contributed by atoms with van der Waals surface area (Å²) in [7, 11) is 0. The van der Waals surface area contributed by atoms with Crippen LogP contribution in [0, 0.1) is 5.82 Å². The van der Waals surface area contributed by atoms with Gasteiger partial charge in [0.2, 0.25) is 5.91 Å². The van der Waals surface area contributed by atoms with Crippen LogP contribution in [0.25, 0.3) is 11.3 Å². The van der Waals surface area contributed by atoms with Crippen LogP contribution in [0.15, 0.2) is 54.7 Å². The van der Waals surface area contributed by atoms with E-state index in [9.17, 15) is 14.0 Å². The van der Waals surface area contributed by atoms with Gasteiger partial charge in [0.15, 0.2) is 0 Å². The van der Waals surface area contributed by atoms with Crippen molar-refractivity contribution in [2.24, 2.45) is 5.73 Å². The van der Waals surface area contributed by atoms with Crippen LogP contribution in [-0.2, 0) is 4.79 Å². The molecule has 0 saturated carbocycles. The molecule has 8 heteroatoms. The highest BCUT2D eigenvalue weighted by molar-refractivity contribution is 6.30. The lowest BCUT2D eigenvalue weighted by atomic mass is 10.0. The molecule has 30 heavy (non-hydrogen) atoms. The average molecular weight is 429 g/mol. The summed E-state index contributed by atoms with van der Waals surface area (Å²) in [5.41, 5.74) is 6.85. The minimum Gasteiger partial charge on any atom is -0.370 e. The topological polar surface area (TPSA) is 90.0 Å². The van der Waals surface area contributed by atoms with Gasteiger partial charge in [-0.05, 0) is 43.7 Å². The second-order valence-electron chi connectivity index (χ2n) is 7.18. The number of benzene rings is 2. The summed E-state index contributed by atoms with van der Waals surface area (Å²) in [5, 5.41) is 7.57. The first-order valence-corrected chi connectivity index (χ1v) is 9.82. The molecular weight excluding hydrogens is 407 g/mol. The van der Waals surface area contributed by atoms with E-state index in [-0.39, 0.29) is 23.6 Å². The Balaban J connectivity index is 2.01. The Kier molecular flexibility index (Phi) is 6.52. The summed E-state index contributed by atoms with van der Waals surface area (Å²) >= 11 is 6.06. The number of primary amides is 1. The minimum atomic E-state index is -0.690. The highest BCUT2D eigenvalue weighted by Gasteiger charge is 2.25. The minimum absolute atomic E-state index is 0.101. The third-order valence-electron chi connectivity index (χ3n) is 4.62. The number of nitrogens with one attached hydrogen (secondary N) is 1. The maximum Gasteiger partial charge on any atom is 0.255 e. The number of carbonyl (C=O) groups is 2. The molecule has 1 aromatic heterocycles. The largest absolute Gasteiger partial charge is 0.370 e. The molecule has 3 N–H and O–H groups in total. The maximum atomic E-state index is 14.5. The molecule has 0 aliphatic carbocycles. The number of aromatic nitrogens is 2. The van der Waals surface area contributed by atoms with Crippen LogP contribution in [0.4, 0.5) is 4.39 Å². The lowest BCUT2D eigenvalue weighted by Gasteiger charge is -2.19. The van der Waals surface area contributed by atoms with Gasteiger partial charge >= 0.3 is 0 Å². The number of rotatable bonds is 7. The lowest BCUT2D eigenvalue weighted by Crippen LogP contribution is -2.32. The molecule has 0 saturated heterocycles. The van der Waals surface area contributed by atoms with E-state index in [1.54, 1.807) is 47.1 Å². The summed E-state index contributed by atoms with van der Waals surface area (Å²) in [6.45, 7) is 3.78.